The summed E-state index contributed by atoms with van der Waals surface area (Å²) in [6, 6.07) is 6.45. The number of amides is 1. The second kappa shape index (κ2) is 6.07. The van der Waals surface area contributed by atoms with Crippen LogP contribution in [0.25, 0.3) is 0 Å². The lowest BCUT2D eigenvalue weighted by Gasteiger charge is -2.40. The Balaban J connectivity index is 1.68. The van der Waals surface area contributed by atoms with Gasteiger partial charge in [0.15, 0.2) is 0 Å². The van der Waals surface area contributed by atoms with Gasteiger partial charge in [0.2, 0.25) is 0 Å². The van der Waals surface area contributed by atoms with Gasteiger partial charge in [-0.3, -0.25) is 14.7 Å². The predicted octanol–water partition coefficient (Wildman–Crippen LogP) is 1.97. The molecule has 0 aliphatic carbocycles. The molecule has 1 unspecified atom stereocenters. The van der Waals surface area contributed by atoms with E-state index in [0.29, 0.717) is 19.6 Å². The highest BCUT2D eigenvalue weighted by molar-refractivity contribution is 5.77. The van der Waals surface area contributed by atoms with Crippen molar-refractivity contribution < 1.29 is 9.72 Å². The van der Waals surface area contributed by atoms with Crippen molar-refractivity contribution in [3.63, 3.8) is 0 Å². The molecule has 0 bridgehead atoms. The largest absolute Gasteiger partial charge is 0.368 e. The first kappa shape index (κ1) is 15.0. The molecule has 1 aromatic heterocycles. The number of nitro groups is 1. The number of piperazine rings is 1. The van der Waals surface area contributed by atoms with Crippen LogP contribution >= 0.6 is 0 Å². The van der Waals surface area contributed by atoms with E-state index in [1.807, 2.05) is 11.8 Å². The van der Waals surface area contributed by atoms with E-state index in [9.17, 15) is 14.9 Å². The Bertz CT molecular complexity index is 698. The summed E-state index contributed by atoms with van der Waals surface area (Å²) in [5.41, 5.74) is 1.01. The third-order valence-electron chi connectivity index (χ3n) is 4.02. The van der Waals surface area contributed by atoms with Crippen molar-refractivity contribution in [2.24, 2.45) is 0 Å². The summed E-state index contributed by atoms with van der Waals surface area (Å²) in [7, 11) is 0. The van der Waals surface area contributed by atoms with Crippen LogP contribution in [0, 0.1) is 10.1 Å². The Morgan fingerprint density at radius 2 is 2.04 bits per heavy atom. The van der Waals surface area contributed by atoms with Crippen molar-refractivity contribution in [1.82, 2.24) is 14.5 Å². The van der Waals surface area contributed by atoms with E-state index in [1.165, 1.54) is 23.0 Å². The summed E-state index contributed by atoms with van der Waals surface area (Å²) < 4.78 is 1.47. The maximum absolute atomic E-state index is 12.4. The van der Waals surface area contributed by atoms with E-state index in [0.717, 1.165) is 5.69 Å². The second-order valence-electron chi connectivity index (χ2n) is 5.51. The highest BCUT2D eigenvalue weighted by atomic mass is 16.6. The van der Waals surface area contributed by atoms with Crippen molar-refractivity contribution in [2.75, 3.05) is 24.5 Å². The van der Waals surface area contributed by atoms with Gasteiger partial charge in [0.1, 0.15) is 6.33 Å². The lowest BCUT2D eigenvalue weighted by atomic mass is 10.1. The molecule has 3 rings (SSSR count). The Hall–Kier alpha value is -2.90. The van der Waals surface area contributed by atoms with Gasteiger partial charge in [-0.15, -0.1) is 0 Å². The van der Waals surface area contributed by atoms with E-state index in [2.05, 4.69) is 9.88 Å². The number of nitrogens with zero attached hydrogens (tertiary/aromatic N) is 5. The summed E-state index contributed by atoms with van der Waals surface area (Å²) in [4.78, 5) is 30.5. The second-order valence-corrected chi connectivity index (χ2v) is 5.51. The molecule has 1 amide bonds. The summed E-state index contributed by atoms with van der Waals surface area (Å²) >= 11 is 0. The lowest BCUT2D eigenvalue weighted by Crippen LogP contribution is -2.55. The van der Waals surface area contributed by atoms with E-state index >= 15 is 0 Å². The van der Waals surface area contributed by atoms with Crippen molar-refractivity contribution in [3.05, 3.63) is 53.1 Å². The first-order chi connectivity index (χ1) is 11.1. The van der Waals surface area contributed by atoms with E-state index < -0.39 is 4.92 Å². The monoisotopic (exact) mass is 315 g/mol. The molecule has 2 heterocycles. The molecule has 8 nitrogen and oxygen atoms in total. The number of rotatable bonds is 2. The van der Waals surface area contributed by atoms with Crippen LogP contribution in [0.4, 0.5) is 16.2 Å². The number of carbonyl (C=O) groups excluding carboxylic acids is 1. The Morgan fingerprint density at radius 1 is 1.30 bits per heavy atom. The van der Waals surface area contributed by atoms with E-state index in [-0.39, 0.29) is 17.8 Å². The summed E-state index contributed by atoms with van der Waals surface area (Å²) in [6.07, 6.45) is 4.71. The highest BCUT2D eigenvalue weighted by Crippen LogP contribution is 2.22. The Labute approximate surface area is 133 Å². The molecule has 2 aromatic rings. The Morgan fingerprint density at radius 3 is 2.61 bits per heavy atom. The van der Waals surface area contributed by atoms with Crippen LogP contribution in [-0.2, 0) is 0 Å². The summed E-state index contributed by atoms with van der Waals surface area (Å²) in [5, 5.41) is 10.7. The molecule has 8 heteroatoms. The first-order valence-electron chi connectivity index (χ1n) is 7.34. The van der Waals surface area contributed by atoms with Gasteiger partial charge in [-0.2, -0.15) is 0 Å². The molecule has 1 atom stereocenters. The molecule has 1 saturated heterocycles. The fourth-order valence-corrected chi connectivity index (χ4v) is 2.78. The lowest BCUT2D eigenvalue weighted by molar-refractivity contribution is -0.384. The van der Waals surface area contributed by atoms with Crippen LogP contribution in [0.5, 0.6) is 0 Å². The molecular formula is C15H17N5O3. The van der Waals surface area contributed by atoms with Gasteiger partial charge >= 0.3 is 6.03 Å². The molecule has 0 spiro atoms. The van der Waals surface area contributed by atoms with Crippen LogP contribution in [0.1, 0.15) is 6.92 Å². The van der Waals surface area contributed by atoms with Crippen molar-refractivity contribution in [1.29, 1.82) is 0 Å². The molecule has 0 N–H and O–H groups in total. The van der Waals surface area contributed by atoms with Crippen LogP contribution in [0.15, 0.2) is 43.0 Å². The number of anilines is 1. The number of imidazole rings is 1. The summed E-state index contributed by atoms with van der Waals surface area (Å²) in [6.45, 7) is 3.95. The number of benzene rings is 1. The smallest absolute Gasteiger partial charge is 0.329 e. The fraction of sp³-hybridized carbons (Fsp3) is 0.333. The van der Waals surface area contributed by atoms with Crippen LogP contribution < -0.4 is 4.90 Å². The minimum absolute atomic E-state index is 0.0360. The van der Waals surface area contributed by atoms with Gasteiger partial charge in [-0.05, 0) is 19.1 Å². The normalized spacial score (nSPS) is 18.0. The molecule has 1 aliphatic heterocycles. The average molecular weight is 315 g/mol. The van der Waals surface area contributed by atoms with Gasteiger partial charge < -0.3 is 9.80 Å². The zero-order valence-corrected chi connectivity index (χ0v) is 12.7. The number of aromatic nitrogens is 2. The standard InChI is InChI=1S/C15H17N5O3/c1-12-10-17(13-2-4-14(5-3-13)20(22)23)8-9-19(12)15(21)18-7-6-16-11-18/h2-7,11-12H,8-10H2,1H3. The minimum atomic E-state index is -0.409. The summed E-state index contributed by atoms with van der Waals surface area (Å²) in [5.74, 6) is 0. The van der Waals surface area contributed by atoms with Gasteiger partial charge in [0, 0.05) is 55.9 Å². The SMILES string of the molecule is CC1CN(c2ccc([N+](=O)[O-])cc2)CCN1C(=O)n1ccnc1. The van der Waals surface area contributed by atoms with Gasteiger partial charge in [-0.1, -0.05) is 0 Å². The van der Waals surface area contributed by atoms with Crippen molar-refractivity contribution >= 4 is 17.4 Å². The van der Waals surface area contributed by atoms with Gasteiger partial charge in [-0.25, -0.2) is 9.78 Å². The van der Waals surface area contributed by atoms with Gasteiger partial charge in [0.05, 0.1) is 4.92 Å². The molecule has 23 heavy (non-hydrogen) atoms. The third kappa shape index (κ3) is 3.01. The molecule has 1 aliphatic rings. The topological polar surface area (TPSA) is 84.5 Å². The average Bonchev–Trinajstić information content (AvgIpc) is 3.08. The highest BCUT2D eigenvalue weighted by Gasteiger charge is 2.28. The van der Waals surface area contributed by atoms with Crippen LogP contribution in [-0.4, -0.2) is 51.1 Å². The Kier molecular flexibility index (Phi) is 3.96. The molecule has 1 aromatic carbocycles. The molecule has 1 fully saturated rings. The fourth-order valence-electron chi connectivity index (χ4n) is 2.78. The quantitative estimate of drug-likeness (QED) is 0.625. The number of hydrogen-bond acceptors (Lipinski definition) is 5. The zero-order chi connectivity index (χ0) is 16.4. The maximum atomic E-state index is 12.4. The molecule has 0 saturated carbocycles. The van der Waals surface area contributed by atoms with Crippen molar-refractivity contribution in [2.45, 2.75) is 13.0 Å². The van der Waals surface area contributed by atoms with E-state index in [1.54, 1.807) is 24.5 Å². The molecular weight excluding hydrogens is 298 g/mol. The number of nitro benzene ring substituents is 1. The number of non-ortho nitro benzene ring substituents is 1. The maximum Gasteiger partial charge on any atom is 0.329 e. The zero-order valence-electron chi connectivity index (χ0n) is 12.7. The molecule has 0 radical (unpaired) electrons. The number of hydrogen-bond donors (Lipinski definition) is 0. The van der Waals surface area contributed by atoms with Crippen LogP contribution in [0.2, 0.25) is 0 Å². The van der Waals surface area contributed by atoms with Gasteiger partial charge in [0.25, 0.3) is 5.69 Å². The molecule has 120 valence electrons. The van der Waals surface area contributed by atoms with Crippen LogP contribution in [0.3, 0.4) is 0 Å². The number of carbonyl (C=O) groups is 1. The van der Waals surface area contributed by atoms with Crippen molar-refractivity contribution in [3.8, 4) is 0 Å². The minimum Gasteiger partial charge on any atom is -0.368 e. The predicted molar refractivity (Wildman–Crippen MR) is 84.5 cm³/mol. The first-order valence-corrected chi connectivity index (χ1v) is 7.34. The third-order valence-corrected chi connectivity index (χ3v) is 4.02. The van der Waals surface area contributed by atoms with E-state index in [4.69, 9.17) is 0 Å².